The summed E-state index contributed by atoms with van der Waals surface area (Å²) in [6, 6.07) is 8.29. The molecule has 0 bridgehead atoms. The summed E-state index contributed by atoms with van der Waals surface area (Å²) in [5.74, 6) is 0.0263. The van der Waals surface area contributed by atoms with Gasteiger partial charge in [-0.15, -0.1) is 29.8 Å². The van der Waals surface area contributed by atoms with E-state index in [0.29, 0.717) is 27.5 Å². The van der Waals surface area contributed by atoms with Crippen molar-refractivity contribution in [1.82, 2.24) is 9.97 Å². The van der Waals surface area contributed by atoms with Crippen molar-refractivity contribution in [1.29, 1.82) is 0 Å². The van der Waals surface area contributed by atoms with E-state index in [4.69, 9.17) is 0 Å². The van der Waals surface area contributed by atoms with E-state index in [0.717, 1.165) is 24.5 Å². The summed E-state index contributed by atoms with van der Waals surface area (Å²) in [6.45, 7) is 3.39. The number of rotatable bonds is 4. The second-order valence-corrected chi connectivity index (χ2v) is 11.3. The van der Waals surface area contributed by atoms with Crippen molar-refractivity contribution in [2.24, 2.45) is 0 Å². The molecule has 1 aliphatic rings. The quantitative estimate of drug-likeness (QED) is 0.597. The number of hydrogen-bond acceptors (Lipinski definition) is 5. The average molecular weight is 446 g/mol. The molecule has 1 N–H and O–H groups in total. The van der Waals surface area contributed by atoms with Crippen LogP contribution in [0.25, 0.3) is 11.1 Å². The first-order valence-electron chi connectivity index (χ1n) is 9.14. The normalized spacial score (nSPS) is 15.5. The van der Waals surface area contributed by atoms with Gasteiger partial charge in [-0.25, -0.2) is 14.4 Å². The summed E-state index contributed by atoms with van der Waals surface area (Å²) < 4.78 is 14.6. The fourth-order valence-corrected chi connectivity index (χ4v) is 4.77. The molecule has 0 radical (unpaired) electrons. The van der Waals surface area contributed by atoms with Gasteiger partial charge in [-0.2, -0.15) is 0 Å². The molecule has 2 atom stereocenters. The van der Waals surface area contributed by atoms with Crippen LogP contribution in [0.15, 0.2) is 42.7 Å². The Morgan fingerprint density at radius 2 is 2.03 bits per heavy atom. The van der Waals surface area contributed by atoms with Crippen LogP contribution >= 0.6 is 29.8 Å². The zero-order chi connectivity index (χ0) is 20.6. The Labute approximate surface area is 177 Å². The topological polar surface area (TPSA) is 58.1 Å². The highest BCUT2D eigenvalue weighted by Gasteiger charge is 2.32. The number of thiazole rings is 1. The lowest BCUT2D eigenvalue weighted by atomic mass is 10.0. The fourth-order valence-electron chi connectivity index (χ4n) is 3.40. The molecule has 0 saturated carbocycles. The molecule has 150 valence electrons. The van der Waals surface area contributed by atoms with Gasteiger partial charge >= 0.3 is 0 Å². The number of aryl methyl sites for hydroxylation is 1. The first kappa shape index (κ1) is 20.3. The Morgan fingerprint density at radius 3 is 2.69 bits per heavy atom. The highest BCUT2D eigenvalue weighted by atomic mass is 32.1. The number of carbonyl (C=O) groups excluding carboxylic acids is 1. The Balaban J connectivity index is 1.80. The van der Waals surface area contributed by atoms with Crippen LogP contribution in [0.1, 0.15) is 21.1 Å². The third kappa shape index (κ3) is 4.32. The molecule has 3 aromatic rings. The minimum Gasteiger partial charge on any atom is -0.354 e. The van der Waals surface area contributed by atoms with Crippen LogP contribution in [-0.4, -0.2) is 33.9 Å². The highest BCUT2D eigenvalue weighted by molar-refractivity contribution is 7.40. The molecular weight excluding hydrogens is 425 g/mol. The van der Waals surface area contributed by atoms with Crippen molar-refractivity contribution >= 4 is 47.2 Å². The lowest BCUT2D eigenvalue weighted by Gasteiger charge is -2.24. The summed E-state index contributed by atoms with van der Waals surface area (Å²) >= 11 is 1.32. The number of amides is 1. The molecule has 2 unspecified atom stereocenters. The molecule has 1 amide bonds. The predicted octanol–water partition coefficient (Wildman–Crippen LogP) is 4.56. The summed E-state index contributed by atoms with van der Waals surface area (Å²) in [6.07, 6.45) is 4.17. The minimum atomic E-state index is -0.346. The maximum atomic E-state index is 14.6. The van der Waals surface area contributed by atoms with Crippen molar-refractivity contribution in [3.63, 3.8) is 0 Å². The Kier molecular flexibility index (Phi) is 5.65. The lowest BCUT2D eigenvalue weighted by molar-refractivity contribution is 0.103. The zero-order valence-electron chi connectivity index (χ0n) is 15.9. The number of aromatic nitrogens is 2. The number of anilines is 2. The van der Waals surface area contributed by atoms with E-state index < -0.39 is 0 Å². The van der Waals surface area contributed by atoms with Gasteiger partial charge in [0.1, 0.15) is 10.7 Å². The molecule has 1 fully saturated rings. The van der Waals surface area contributed by atoms with Crippen LogP contribution < -0.4 is 10.2 Å². The third-order valence-corrected chi connectivity index (χ3v) is 6.66. The molecule has 0 spiro atoms. The van der Waals surface area contributed by atoms with Gasteiger partial charge < -0.3 is 10.2 Å². The van der Waals surface area contributed by atoms with E-state index >= 15 is 0 Å². The minimum absolute atomic E-state index is 0.00819. The van der Waals surface area contributed by atoms with E-state index in [9.17, 15) is 9.18 Å². The molecule has 9 heteroatoms. The third-order valence-electron chi connectivity index (χ3n) is 4.81. The number of nitrogens with zero attached hydrogens (tertiary/aromatic N) is 3. The van der Waals surface area contributed by atoms with Gasteiger partial charge in [0.25, 0.3) is 5.91 Å². The summed E-state index contributed by atoms with van der Waals surface area (Å²) in [7, 11) is 5.72. The van der Waals surface area contributed by atoms with Gasteiger partial charge in [0.15, 0.2) is 5.82 Å². The smallest absolute Gasteiger partial charge is 0.267 e. The van der Waals surface area contributed by atoms with Crippen LogP contribution in [0, 0.1) is 12.7 Å². The first-order chi connectivity index (χ1) is 13.8. The van der Waals surface area contributed by atoms with Crippen molar-refractivity contribution < 1.29 is 9.18 Å². The summed E-state index contributed by atoms with van der Waals surface area (Å²) in [5.41, 5.74) is 1.54. The molecule has 4 rings (SSSR count). The standard InChI is InChI=1S/C20H21FN4OP2S/c1-12-23-10-16(29-12)19(26)24-17-14(13-4-2-3-5-15(13)21)6-8-22-18(17)25-9-7-20(27,28)11-25/h2-6,8,10H,7,9,11,27-28H2,1H3,(H,24,26). The Bertz CT molecular complexity index is 1070. The predicted molar refractivity (Wildman–Crippen MR) is 123 cm³/mol. The summed E-state index contributed by atoms with van der Waals surface area (Å²) in [5, 5.41) is 3.80. The van der Waals surface area contributed by atoms with Crippen LogP contribution in [-0.2, 0) is 0 Å². The van der Waals surface area contributed by atoms with Crippen LogP contribution in [0.3, 0.4) is 0 Å². The van der Waals surface area contributed by atoms with E-state index in [2.05, 4.69) is 38.7 Å². The molecule has 0 aliphatic carbocycles. The monoisotopic (exact) mass is 446 g/mol. The van der Waals surface area contributed by atoms with Gasteiger partial charge in [0.05, 0.1) is 16.9 Å². The van der Waals surface area contributed by atoms with Crippen LogP contribution in [0.2, 0.25) is 0 Å². The van der Waals surface area contributed by atoms with Crippen molar-refractivity contribution in [2.75, 3.05) is 23.3 Å². The number of halogens is 1. The van der Waals surface area contributed by atoms with Crippen LogP contribution in [0.4, 0.5) is 15.9 Å². The molecule has 1 aromatic carbocycles. The molecule has 3 heterocycles. The number of hydrogen-bond donors (Lipinski definition) is 1. The van der Waals surface area contributed by atoms with Crippen molar-refractivity contribution in [3.8, 4) is 11.1 Å². The maximum Gasteiger partial charge on any atom is 0.267 e. The largest absolute Gasteiger partial charge is 0.354 e. The van der Waals surface area contributed by atoms with Gasteiger partial charge in [0.2, 0.25) is 0 Å². The van der Waals surface area contributed by atoms with Gasteiger partial charge in [-0.1, -0.05) is 18.2 Å². The van der Waals surface area contributed by atoms with Gasteiger partial charge in [-0.05, 0) is 25.5 Å². The van der Waals surface area contributed by atoms with Crippen molar-refractivity contribution in [2.45, 2.75) is 18.2 Å². The first-order valence-corrected chi connectivity index (χ1v) is 11.1. The van der Waals surface area contributed by atoms with Crippen molar-refractivity contribution in [3.05, 3.63) is 58.4 Å². The second-order valence-electron chi connectivity index (χ2n) is 7.14. The number of nitrogens with one attached hydrogen (secondary N) is 1. The number of benzene rings is 1. The fraction of sp³-hybridized carbons (Fsp3) is 0.250. The Hall–Kier alpha value is -1.94. The van der Waals surface area contributed by atoms with Gasteiger partial charge in [-0.3, -0.25) is 4.79 Å². The SMILES string of the molecule is Cc1ncc(C(=O)Nc2c(-c3ccccc3F)ccnc2N2CCC(P)(P)C2)s1. The maximum absolute atomic E-state index is 14.6. The lowest BCUT2D eigenvalue weighted by Crippen LogP contribution is -2.26. The average Bonchev–Trinajstić information content (AvgIpc) is 3.28. The molecule has 1 aliphatic heterocycles. The Morgan fingerprint density at radius 1 is 1.24 bits per heavy atom. The molecular formula is C20H21FN4OP2S. The molecule has 29 heavy (non-hydrogen) atoms. The zero-order valence-corrected chi connectivity index (χ0v) is 19.0. The van der Waals surface area contributed by atoms with Crippen LogP contribution in [0.5, 0.6) is 0 Å². The highest BCUT2D eigenvalue weighted by Crippen LogP contribution is 2.42. The second kappa shape index (κ2) is 8.06. The molecule has 2 aromatic heterocycles. The number of carbonyl (C=O) groups is 1. The van der Waals surface area contributed by atoms with E-state index in [-0.39, 0.29) is 16.6 Å². The van der Waals surface area contributed by atoms with E-state index in [1.54, 1.807) is 36.7 Å². The molecule has 5 nitrogen and oxygen atoms in total. The molecule has 1 saturated heterocycles. The van der Waals surface area contributed by atoms with E-state index in [1.165, 1.54) is 17.4 Å². The number of pyridine rings is 1. The van der Waals surface area contributed by atoms with E-state index in [1.807, 2.05) is 6.92 Å². The summed E-state index contributed by atoms with van der Waals surface area (Å²) in [4.78, 5) is 24.2. The van der Waals surface area contributed by atoms with Gasteiger partial charge in [0, 0.05) is 35.3 Å².